The SMILES string of the molecule is CCCc1n[nH]c(=S)n1CC(=O)NC[C@@H](C)N1CCC[C@H](C)C1. The van der Waals surface area contributed by atoms with Gasteiger partial charge in [-0.2, -0.15) is 5.10 Å². The lowest BCUT2D eigenvalue weighted by molar-refractivity contribution is -0.122. The minimum absolute atomic E-state index is 0.00300. The van der Waals surface area contributed by atoms with Gasteiger partial charge in [-0.3, -0.25) is 19.4 Å². The third-order valence-electron chi connectivity index (χ3n) is 4.52. The molecule has 1 aromatic heterocycles. The second-order valence-electron chi connectivity index (χ2n) is 6.68. The number of hydrogen-bond acceptors (Lipinski definition) is 4. The zero-order chi connectivity index (χ0) is 16.8. The molecule has 0 spiro atoms. The van der Waals surface area contributed by atoms with Crippen LogP contribution < -0.4 is 5.32 Å². The van der Waals surface area contributed by atoms with E-state index >= 15 is 0 Å². The summed E-state index contributed by atoms with van der Waals surface area (Å²) in [7, 11) is 0. The maximum Gasteiger partial charge on any atom is 0.240 e. The standard InChI is InChI=1S/C16H29N5OS/c1-4-6-14-18-19-16(23)21(14)11-15(22)17-9-13(3)20-8-5-7-12(2)10-20/h12-13H,4-11H2,1-3H3,(H,17,22)(H,19,23)/t12-,13+/m0/s1. The van der Waals surface area contributed by atoms with Crippen LogP contribution in [-0.2, 0) is 17.8 Å². The number of H-pyrrole nitrogens is 1. The molecule has 0 unspecified atom stereocenters. The number of carbonyl (C=O) groups excluding carboxylic acids is 1. The number of carbonyl (C=O) groups is 1. The highest BCUT2D eigenvalue weighted by Gasteiger charge is 2.21. The highest BCUT2D eigenvalue weighted by Crippen LogP contribution is 2.17. The van der Waals surface area contributed by atoms with E-state index in [0.29, 0.717) is 17.4 Å². The Morgan fingerprint density at radius 1 is 1.57 bits per heavy atom. The molecule has 6 nitrogen and oxygen atoms in total. The Morgan fingerprint density at radius 2 is 2.35 bits per heavy atom. The van der Waals surface area contributed by atoms with Crippen molar-refractivity contribution >= 4 is 18.1 Å². The Bertz CT molecular complexity index is 567. The number of hydrogen-bond donors (Lipinski definition) is 2. The molecule has 0 radical (unpaired) electrons. The zero-order valence-corrected chi connectivity index (χ0v) is 15.3. The highest BCUT2D eigenvalue weighted by molar-refractivity contribution is 7.71. The van der Waals surface area contributed by atoms with Crippen LogP contribution in [0, 0.1) is 10.7 Å². The normalized spacial score (nSPS) is 20.4. The average molecular weight is 340 g/mol. The van der Waals surface area contributed by atoms with Crippen LogP contribution in [-0.4, -0.2) is 51.2 Å². The Labute approximate surface area is 143 Å². The van der Waals surface area contributed by atoms with Crippen molar-refractivity contribution in [3.05, 3.63) is 10.6 Å². The fourth-order valence-electron chi connectivity index (χ4n) is 3.14. The van der Waals surface area contributed by atoms with Crippen molar-refractivity contribution in [2.24, 2.45) is 5.92 Å². The van der Waals surface area contributed by atoms with Gasteiger partial charge >= 0.3 is 0 Å². The molecule has 2 N–H and O–H groups in total. The average Bonchev–Trinajstić information content (AvgIpc) is 2.86. The molecule has 7 heteroatoms. The number of likely N-dealkylation sites (tertiary alicyclic amines) is 1. The van der Waals surface area contributed by atoms with Crippen LogP contribution in [0.15, 0.2) is 0 Å². The van der Waals surface area contributed by atoms with Gasteiger partial charge < -0.3 is 5.32 Å². The number of nitrogens with one attached hydrogen (secondary N) is 2. The molecule has 0 bridgehead atoms. The zero-order valence-electron chi connectivity index (χ0n) is 14.5. The lowest BCUT2D eigenvalue weighted by atomic mass is 9.99. The van der Waals surface area contributed by atoms with Crippen molar-refractivity contribution < 1.29 is 4.79 Å². The fraction of sp³-hybridized carbons (Fsp3) is 0.812. The van der Waals surface area contributed by atoms with Gasteiger partial charge in [0.25, 0.3) is 0 Å². The van der Waals surface area contributed by atoms with Crippen molar-refractivity contribution in [2.75, 3.05) is 19.6 Å². The molecule has 1 aromatic rings. The van der Waals surface area contributed by atoms with Crippen LogP contribution in [0.4, 0.5) is 0 Å². The molecule has 1 saturated heterocycles. The first kappa shape index (κ1) is 18.1. The van der Waals surface area contributed by atoms with Crippen LogP contribution in [0.2, 0.25) is 0 Å². The van der Waals surface area contributed by atoms with Crippen molar-refractivity contribution in [3.8, 4) is 0 Å². The molecular weight excluding hydrogens is 310 g/mol. The first-order chi connectivity index (χ1) is 11.0. The van der Waals surface area contributed by atoms with E-state index in [4.69, 9.17) is 12.2 Å². The molecule has 2 atom stereocenters. The summed E-state index contributed by atoms with van der Waals surface area (Å²) < 4.78 is 2.31. The summed E-state index contributed by atoms with van der Waals surface area (Å²) >= 11 is 5.21. The number of piperidine rings is 1. The van der Waals surface area contributed by atoms with Gasteiger partial charge in [-0.1, -0.05) is 13.8 Å². The van der Waals surface area contributed by atoms with Gasteiger partial charge in [0.15, 0.2) is 4.77 Å². The smallest absolute Gasteiger partial charge is 0.240 e. The second kappa shape index (κ2) is 8.59. The molecule has 2 rings (SSSR count). The fourth-order valence-corrected chi connectivity index (χ4v) is 3.36. The maximum atomic E-state index is 12.2. The minimum Gasteiger partial charge on any atom is -0.353 e. The Kier molecular flexibility index (Phi) is 6.77. The molecule has 130 valence electrons. The molecular formula is C16H29N5OS. The number of amides is 1. The Hall–Kier alpha value is -1.21. The van der Waals surface area contributed by atoms with Crippen LogP contribution >= 0.6 is 12.2 Å². The predicted octanol–water partition coefficient (Wildman–Crippen LogP) is 2.13. The van der Waals surface area contributed by atoms with Crippen LogP contribution in [0.25, 0.3) is 0 Å². The van der Waals surface area contributed by atoms with Gasteiger partial charge in [0.1, 0.15) is 12.4 Å². The lowest BCUT2D eigenvalue weighted by Crippen LogP contribution is -2.46. The number of aryl methyl sites for hydroxylation is 1. The number of aromatic nitrogens is 3. The molecule has 1 amide bonds. The first-order valence-electron chi connectivity index (χ1n) is 8.66. The third-order valence-corrected chi connectivity index (χ3v) is 4.83. The van der Waals surface area contributed by atoms with Crippen molar-refractivity contribution in [2.45, 2.75) is 59.0 Å². The summed E-state index contributed by atoms with van der Waals surface area (Å²) in [5.41, 5.74) is 0. The van der Waals surface area contributed by atoms with E-state index in [2.05, 4.69) is 41.2 Å². The van der Waals surface area contributed by atoms with E-state index < -0.39 is 0 Å². The number of aromatic amines is 1. The van der Waals surface area contributed by atoms with Gasteiger partial charge in [0.2, 0.25) is 5.91 Å². The molecule has 0 aromatic carbocycles. The highest BCUT2D eigenvalue weighted by atomic mass is 32.1. The summed E-state index contributed by atoms with van der Waals surface area (Å²) in [5, 5.41) is 10.0. The van der Waals surface area contributed by atoms with E-state index in [1.54, 1.807) is 4.57 Å². The minimum atomic E-state index is -0.00300. The molecule has 1 fully saturated rings. The van der Waals surface area contributed by atoms with Crippen molar-refractivity contribution in [1.29, 1.82) is 0 Å². The van der Waals surface area contributed by atoms with E-state index in [-0.39, 0.29) is 12.5 Å². The first-order valence-corrected chi connectivity index (χ1v) is 9.07. The van der Waals surface area contributed by atoms with Gasteiger partial charge in [0.05, 0.1) is 0 Å². The largest absolute Gasteiger partial charge is 0.353 e. The summed E-state index contributed by atoms with van der Waals surface area (Å²) in [6.45, 7) is 9.76. The monoisotopic (exact) mass is 339 g/mol. The summed E-state index contributed by atoms with van der Waals surface area (Å²) in [5.74, 6) is 1.60. The summed E-state index contributed by atoms with van der Waals surface area (Å²) in [6.07, 6.45) is 4.37. The van der Waals surface area contributed by atoms with E-state index in [1.165, 1.54) is 12.8 Å². The molecule has 1 aliphatic rings. The van der Waals surface area contributed by atoms with Crippen LogP contribution in [0.3, 0.4) is 0 Å². The Morgan fingerprint density at radius 3 is 3.04 bits per heavy atom. The van der Waals surface area contributed by atoms with Crippen molar-refractivity contribution in [3.63, 3.8) is 0 Å². The van der Waals surface area contributed by atoms with Gasteiger partial charge in [-0.05, 0) is 50.9 Å². The summed E-state index contributed by atoms with van der Waals surface area (Å²) in [6, 6.07) is 0.370. The van der Waals surface area contributed by atoms with Crippen LogP contribution in [0.1, 0.15) is 45.9 Å². The molecule has 2 heterocycles. The van der Waals surface area contributed by atoms with Crippen molar-refractivity contribution in [1.82, 2.24) is 25.0 Å². The maximum absolute atomic E-state index is 12.2. The van der Waals surface area contributed by atoms with E-state index in [1.807, 2.05) is 0 Å². The third kappa shape index (κ3) is 5.14. The number of rotatable bonds is 7. The number of nitrogens with zero attached hydrogens (tertiary/aromatic N) is 3. The molecule has 23 heavy (non-hydrogen) atoms. The second-order valence-corrected chi connectivity index (χ2v) is 7.06. The van der Waals surface area contributed by atoms with Gasteiger partial charge in [-0.15, -0.1) is 0 Å². The van der Waals surface area contributed by atoms with Gasteiger partial charge in [-0.25, -0.2) is 0 Å². The lowest BCUT2D eigenvalue weighted by Gasteiger charge is -2.35. The molecule has 1 aliphatic heterocycles. The van der Waals surface area contributed by atoms with E-state index in [0.717, 1.165) is 37.7 Å². The summed E-state index contributed by atoms with van der Waals surface area (Å²) in [4.78, 5) is 14.7. The Balaban J connectivity index is 1.83. The van der Waals surface area contributed by atoms with E-state index in [9.17, 15) is 4.79 Å². The molecule has 0 aliphatic carbocycles. The predicted molar refractivity (Wildman–Crippen MR) is 93.8 cm³/mol. The van der Waals surface area contributed by atoms with Gasteiger partial charge in [0, 0.05) is 25.6 Å². The molecule has 0 saturated carbocycles. The van der Waals surface area contributed by atoms with Crippen LogP contribution in [0.5, 0.6) is 0 Å². The quantitative estimate of drug-likeness (QED) is 0.747. The topological polar surface area (TPSA) is 66.0 Å².